The maximum absolute atomic E-state index is 12.7. The highest BCUT2D eigenvalue weighted by molar-refractivity contribution is 6.42. The van der Waals surface area contributed by atoms with Gasteiger partial charge in [-0.15, -0.1) is 0 Å². The summed E-state index contributed by atoms with van der Waals surface area (Å²) in [4.78, 5) is 35.1. The molecule has 1 aromatic carbocycles. The van der Waals surface area contributed by atoms with Crippen molar-refractivity contribution in [3.63, 3.8) is 0 Å². The number of hydrogen-bond acceptors (Lipinski definition) is 7. The van der Waals surface area contributed by atoms with Crippen LogP contribution in [0.4, 0.5) is 0 Å². The zero-order chi connectivity index (χ0) is 23.7. The van der Waals surface area contributed by atoms with Crippen LogP contribution in [-0.2, 0) is 23.9 Å². The average Bonchev–Trinajstić information content (AvgIpc) is 3.03. The van der Waals surface area contributed by atoms with Crippen molar-refractivity contribution in [3.05, 3.63) is 33.8 Å². The highest BCUT2D eigenvalue weighted by Gasteiger charge is 2.56. The van der Waals surface area contributed by atoms with Gasteiger partial charge in [-0.1, -0.05) is 29.3 Å². The van der Waals surface area contributed by atoms with Gasteiger partial charge in [-0.2, -0.15) is 0 Å². The Morgan fingerprint density at radius 2 is 1.94 bits per heavy atom. The van der Waals surface area contributed by atoms with E-state index < -0.39 is 42.1 Å². The molecular weight excluding hydrogens is 465 g/mol. The fraction of sp³-hybridized carbons (Fsp3) is 0.571. The van der Waals surface area contributed by atoms with E-state index in [1.54, 1.807) is 12.1 Å². The van der Waals surface area contributed by atoms with Gasteiger partial charge in [0.2, 0.25) is 0 Å². The first-order valence-corrected chi connectivity index (χ1v) is 10.9. The number of rotatable bonds is 9. The fourth-order valence-electron chi connectivity index (χ4n) is 4.78. The molecule has 32 heavy (non-hydrogen) atoms. The number of carboxylic acids is 2. The lowest BCUT2D eigenvalue weighted by molar-refractivity contribution is -0.188. The molecule has 0 amide bonds. The lowest BCUT2D eigenvalue weighted by atomic mass is 9.75. The molecule has 0 radical (unpaired) electrons. The van der Waals surface area contributed by atoms with E-state index in [4.69, 9.17) is 37.8 Å². The SMILES string of the molecule is COC[C@@H]1[C@@H](c2ccc(Cl)c(Cl)c2)C[C@@H]2CC[C@]1(OC(=O)CC(O)(CC(=O)O)C(=O)O)N2. The van der Waals surface area contributed by atoms with Crippen molar-refractivity contribution < 1.29 is 39.2 Å². The van der Waals surface area contributed by atoms with Crippen molar-refractivity contribution in [1.82, 2.24) is 5.32 Å². The summed E-state index contributed by atoms with van der Waals surface area (Å²) >= 11 is 12.3. The normalized spacial score (nSPS) is 28.7. The van der Waals surface area contributed by atoms with E-state index in [0.717, 1.165) is 12.0 Å². The molecule has 0 spiro atoms. The lowest BCUT2D eigenvalue weighted by Crippen LogP contribution is -2.59. The van der Waals surface area contributed by atoms with Gasteiger partial charge in [0.05, 0.1) is 29.5 Å². The van der Waals surface area contributed by atoms with E-state index in [0.29, 0.717) is 22.9 Å². The highest BCUT2D eigenvalue weighted by Crippen LogP contribution is 2.49. The number of halogens is 2. The van der Waals surface area contributed by atoms with E-state index in [2.05, 4.69) is 5.32 Å². The maximum atomic E-state index is 12.7. The number of ether oxygens (including phenoxy) is 2. The molecule has 2 aliphatic heterocycles. The average molecular weight is 490 g/mol. The standard InChI is InChI=1S/C21H25Cl2NO8/c1-31-10-14-13(11-2-3-15(22)16(23)6-11)7-12-4-5-21(14,24-12)32-18(27)9-20(30,19(28)29)8-17(25)26/h2-3,6,12-14,24,30H,4-5,7-10H2,1H3,(H,25,26)(H,28,29)/t12-,13+,14+,20?,21+/m0/s1. The minimum atomic E-state index is -2.77. The van der Waals surface area contributed by atoms with E-state index in [9.17, 15) is 24.6 Å². The number of aliphatic carboxylic acids is 2. The highest BCUT2D eigenvalue weighted by atomic mass is 35.5. The van der Waals surface area contributed by atoms with Crippen LogP contribution in [0.5, 0.6) is 0 Å². The number of benzene rings is 1. The third kappa shape index (κ3) is 5.02. The van der Waals surface area contributed by atoms with Crippen LogP contribution in [0.3, 0.4) is 0 Å². The molecule has 1 aromatic rings. The monoisotopic (exact) mass is 489 g/mol. The van der Waals surface area contributed by atoms with Crippen molar-refractivity contribution in [2.45, 2.75) is 55.4 Å². The Morgan fingerprint density at radius 3 is 2.53 bits per heavy atom. The third-order valence-electron chi connectivity index (χ3n) is 6.23. The first-order chi connectivity index (χ1) is 15.0. The first kappa shape index (κ1) is 24.7. The van der Waals surface area contributed by atoms with Crippen LogP contribution < -0.4 is 5.32 Å². The van der Waals surface area contributed by atoms with Crippen molar-refractivity contribution >= 4 is 41.1 Å². The van der Waals surface area contributed by atoms with Gasteiger partial charge in [-0.3, -0.25) is 14.9 Å². The molecule has 176 valence electrons. The predicted molar refractivity (Wildman–Crippen MR) is 114 cm³/mol. The van der Waals surface area contributed by atoms with Crippen LogP contribution in [0.25, 0.3) is 0 Å². The van der Waals surface area contributed by atoms with Gasteiger partial charge in [0.15, 0.2) is 11.3 Å². The summed E-state index contributed by atoms with van der Waals surface area (Å²) in [7, 11) is 1.53. The van der Waals surface area contributed by atoms with Gasteiger partial charge < -0.3 is 24.8 Å². The second-order valence-corrected chi connectivity index (χ2v) is 9.22. The van der Waals surface area contributed by atoms with Crippen molar-refractivity contribution in [2.24, 2.45) is 5.92 Å². The minimum Gasteiger partial charge on any atom is -0.481 e. The lowest BCUT2D eigenvalue weighted by Gasteiger charge is -2.46. The number of carbonyl (C=O) groups excluding carboxylic acids is 1. The van der Waals surface area contributed by atoms with Gasteiger partial charge in [0.1, 0.15) is 0 Å². The van der Waals surface area contributed by atoms with Crippen LogP contribution in [0.1, 0.15) is 43.6 Å². The molecule has 0 aliphatic carbocycles. The van der Waals surface area contributed by atoms with Crippen LogP contribution in [0.15, 0.2) is 18.2 Å². The summed E-state index contributed by atoms with van der Waals surface area (Å²) in [5.74, 6) is -4.81. The van der Waals surface area contributed by atoms with Gasteiger partial charge in [-0.25, -0.2) is 4.79 Å². The Morgan fingerprint density at radius 1 is 1.22 bits per heavy atom. The van der Waals surface area contributed by atoms with Gasteiger partial charge in [0, 0.05) is 25.5 Å². The molecule has 11 heteroatoms. The van der Waals surface area contributed by atoms with Crippen LogP contribution in [-0.4, -0.2) is 64.3 Å². The quantitative estimate of drug-likeness (QED) is 0.384. The summed E-state index contributed by atoms with van der Waals surface area (Å²) in [6, 6.07) is 5.36. The number of carbonyl (C=O) groups is 3. The summed E-state index contributed by atoms with van der Waals surface area (Å²) in [6.07, 6.45) is -0.222. The van der Waals surface area contributed by atoms with Crippen LogP contribution >= 0.6 is 23.2 Å². The molecule has 2 fully saturated rings. The smallest absolute Gasteiger partial charge is 0.336 e. The molecular formula is C21H25Cl2NO8. The van der Waals surface area contributed by atoms with Crippen molar-refractivity contribution in [3.8, 4) is 0 Å². The summed E-state index contributed by atoms with van der Waals surface area (Å²) in [6.45, 7) is 0.232. The van der Waals surface area contributed by atoms with E-state index in [1.807, 2.05) is 6.07 Å². The molecule has 3 rings (SSSR count). The molecule has 2 heterocycles. The molecule has 9 nitrogen and oxygen atoms in total. The molecule has 0 aromatic heterocycles. The Labute approximate surface area is 194 Å². The number of aliphatic hydroxyl groups is 1. The van der Waals surface area contributed by atoms with Gasteiger partial charge >= 0.3 is 17.9 Å². The summed E-state index contributed by atoms with van der Waals surface area (Å²) in [5.41, 5.74) is -3.02. The molecule has 2 aliphatic rings. The minimum absolute atomic E-state index is 0.0349. The zero-order valence-corrected chi connectivity index (χ0v) is 18.9. The third-order valence-corrected chi connectivity index (χ3v) is 6.97. The number of esters is 1. The van der Waals surface area contributed by atoms with E-state index in [-0.39, 0.29) is 24.5 Å². The molecule has 2 bridgehead atoms. The Kier molecular flexibility index (Phi) is 7.36. The summed E-state index contributed by atoms with van der Waals surface area (Å²) < 4.78 is 11.2. The molecule has 2 saturated heterocycles. The molecule has 1 unspecified atom stereocenters. The largest absolute Gasteiger partial charge is 0.481 e. The number of methoxy groups -OCH3 is 1. The molecule has 5 atom stereocenters. The predicted octanol–water partition coefficient (Wildman–Crippen LogP) is 2.42. The van der Waals surface area contributed by atoms with Gasteiger partial charge in [0.25, 0.3) is 0 Å². The number of carboxylic acid groups (broad SMARTS) is 2. The fourth-order valence-corrected chi connectivity index (χ4v) is 5.09. The topological polar surface area (TPSA) is 142 Å². The number of fused-ring (bicyclic) bond motifs is 2. The molecule has 4 N–H and O–H groups in total. The Bertz CT molecular complexity index is 912. The summed E-state index contributed by atoms with van der Waals surface area (Å²) in [5, 5.41) is 32.6. The molecule has 0 saturated carbocycles. The van der Waals surface area contributed by atoms with E-state index in [1.165, 1.54) is 7.11 Å². The number of nitrogens with one attached hydrogen (secondary N) is 1. The van der Waals surface area contributed by atoms with Gasteiger partial charge in [-0.05, 0) is 36.5 Å². The maximum Gasteiger partial charge on any atom is 0.336 e. The van der Waals surface area contributed by atoms with Crippen molar-refractivity contribution in [2.75, 3.05) is 13.7 Å². The first-order valence-electron chi connectivity index (χ1n) is 10.1. The van der Waals surface area contributed by atoms with E-state index >= 15 is 0 Å². The van der Waals surface area contributed by atoms with Crippen LogP contribution in [0, 0.1) is 5.92 Å². The Hall–Kier alpha value is -1.91. The van der Waals surface area contributed by atoms with Crippen LogP contribution in [0.2, 0.25) is 10.0 Å². The second-order valence-electron chi connectivity index (χ2n) is 8.41. The van der Waals surface area contributed by atoms with Crippen molar-refractivity contribution in [1.29, 1.82) is 0 Å². The number of hydrogen-bond donors (Lipinski definition) is 4. The number of piperidine rings is 1. The zero-order valence-electron chi connectivity index (χ0n) is 17.3. The second kappa shape index (κ2) is 9.52. The Balaban J connectivity index is 1.88.